The third kappa shape index (κ3) is 1.33. The summed E-state index contributed by atoms with van der Waals surface area (Å²) < 4.78 is 13.3. The molecule has 1 aliphatic heterocycles. The first-order valence-electron chi connectivity index (χ1n) is 5.11. The molecule has 3 nitrogen and oxygen atoms in total. The van der Waals surface area contributed by atoms with Crippen molar-refractivity contribution < 1.29 is 14.0 Å². The number of amides is 2. The molecule has 0 fully saturated rings. The van der Waals surface area contributed by atoms with Crippen LogP contribution in [0.15, 0.2) is 12.1 Å². The Morgan fingerprint density at radius 1 is 1.12 bits per heavy atom. The van der Waals surface area contributed by atoms with Gasteiger partial charge < -0.3 is 0 Å². The van der Waals surface area contributed by atoms with E-state index in [9.17, 15) is 14.0 Å². The van der Waals surface area contributed by atoms with Crippen molar-refractivity contribution in [2.24, 2.45) is 0 Å². The average Bonchev–Trinajstić information content (AvgIpc) is 2.41. The molecule has 84 valence electrons. The van der Waals surface area contributed by atoms with E-state index in [4.69, 9.17) is 0 Å². The summed E-state index contributed by atoms with van der Waals surface area (Å²) in [7, 11) is 0. The van der Waals surface area contributed by atoms with E-state index in [1.807, 2.05) is 0 Å². The fourth-order valence-corrected chi connectivity index (χ4v) is 1.86. The van der Waals surface area contributed by atoms with Gasteiger partial charge in [-0.2, -0.15) is 0 Å². The van der Waals surface area contributed by atoms with E-state index in [1.165, 1.54) is 6.07 Å². The summed E-state index contributed by atoms with van der Waals surface area (Å²) in [6, 6.07) is 2.37. The Labute approximate surface area is 92.9 Å². The first-order valence-corrected chi connectivity index (χ1v) is 5.11. The first-order chi connectivity index (χ1) is 7.43. The van der Waals surface area contributed by atoms with Crippen molar-refractivity contribution in [2.45, 2.75) is 26.8 Å². The Balaban J connectivity index is 2.60. The fraction of sp³-hybridized carbons (Fsp3) is 0.333. The van der Waals surface area contributed by atoms with Gasteiger partial charge in [0, 0.05) is 6.04 Å². The van der Waals surface area contributed by atoms with Crippen molar-refractivity contribution in [3.63, 3.8) is 0 Å². The molecular formula is C12H12FNO2. The molecule has 2 amide bonds. The Kier molecular flexibility index (Phi) is 2.30. The third-order valence-electron chi connectivity index (χ3n) is 2.71. The van der Waals surface area contributed by atoms with E-state index < -0.39 is 11.7 Å². The number of fused-ring (bicyclic) bond motifs is 1. The maximum atomic E-state index is 13.3. The molecule has 0 aliphatic carbocycles. The molecule has 1 aromatic rings. The highest BCUT2D eigenvalue weighted by atomic mass is 19.1. The number of benzene rings is 1. The van der Waals surface area contributed by atoms with Crippen molar-refractivity contribution in [1.82, 2.24) is 4.90 Å². The molecule has 1 aromatic carbocycles. The Bertz CT molecular complexity index is 453. The standard InChI is InChI=1S/C12H12FNO2/c1-6(2)14-11(15)8-4-7(3)10(13)5-9(8)12(14)16/h4-6H,1-3H3. The molecule has 0 N–H and O–H groups in total. The summed E-state index contributed by atoms with van der Waals surface area (Å²) in [6.07, 6.45) is 0. The largest absolute Gasteiger partial charge is 0.272 e. The van der Waals surface area contributed by atoms with Gasteiger partial charge in [-0.05, 0) is 38.5 Å². The maximum absolute atomic E-state index is 13.3. The molecule has 0 unspecified atom stereocenters. The minimum Gasteiger partial charge on any atom is -0.272 e. The highest BCUT2D eigenvalue weighted by Gasteiger charge is 2.37. The van der Waals surface area contributed by atoms with Gasteiger partial charge in [0.15, 0.2) is 0 Å². The molecule has 0 saturated heterocycles. The monoisotopic (exact) mass is 221 g/mol. The van der Waals surface area contributed by atoms with E-state index in [2.05, 4.69) is 0 Å². The number of imide groups is 1. The zero-order chi connectivity index (χ0) is 12.0. The SMILES string of the molecule is Cc1cc2c(cc1F)C(=O)N(C(C)C)C2=O. The van der Waals surface area contributed by atoms with Gasteiger partial charge in [-0.25, -0.2) is 4.39 Å². The van der Waals surface area contributed by atoms with Crippen LogP contribution in [-0.4, -0.2) is 22.8 Å². The zero-order valence-corrected chi connectivity index (χ0v) is 9.37. The number of nitrogens with zero attached hydrogens (tertiary/aromatic N) is 1. The van der Waals surface area contributed by atoms with Crippen molar-refractivity contribution in [2.75, 3.05) is 0 Å². The molecule has 2 rings (SSSR count). The average molecular weight is 221 g/mol. The van der Waals surface area contributed by atoms with Gasteiger partial charge in [0.1, 0.15) is 5.82 Å². The van der Waals surface area contributed by atoms with Crippen LogP contribution in [0.2, 0.25) is 0 Å². The van der Waals surface area contributed by atoms with Crippen LogP contribution >= 0.6 is 0 Å². The molecule has 4 heteroatoms. The minimum absolute atomic E-state index is 0.168. The summed E-state index contributed by atoms with van der Waals surface area (Å²) in [5.41, 5.74) is 0.852. The normalized spacial score (nSPS) is 14.9. The minimum atomic E-state index is -0.453. The topological polar surface area (TPSA) is 37.4 Å². The van der Waals surface area contributed by atoms with Gasteiger partial charge >= 0.3 is 0 Å². The van der Waals surface area contributed by atoms with Crippen LogP contribution in [-0.2, 0) is 0 Å². The molecule has 0 radical (unpaired) electrons. The number of aryl methyl sites for hydroxylation is 1. The summed E-state index contributed by atoms with van der Waals surface area (Å²) in [5, 5.41) is 0. The molecule has 0 saturated carbocycles. The molecule has 1 aliphatic rings. The smallest absolute Gasteiger partial charge is 0.261 e. The predicted octanol–water partition coefficient (Wildman–Crippen LogP) is 2.14. The van der Waals surface area contributed by atoms with Gasteiger partial charge in [-0.3, -0.25) is 14.5 Å². The van der Waals surface area contributed by atoms with Crippen LogP contribution in [0.4, 0.5) is 4.39 Å². The number of carbonyl (C=O) groups is 2. The van der Waals surface area contributed by atoms with Crippen LogP contribution in [0, 0.1) is 12.7 Å². The van der Waals surface area contributed by atoms with E-state index in [-0.39, 0.29) is 17.5 Å². The summed E-state index contributed by atoms with van der Waals surface area (Å²) in [4.78, 5) is 24.9. The predicted molar refractivity (Wildman–Crippen MR) is 56.8 cm³/mol. The maximum Gasteiger partial charge on any atom is 0.261 e. The van der Waals surface area contributed by atoms with Crippen LogP contribution < -0.4 is 0 Å². The summed E-state index contributed by atoms with van der Waals surface area (Å²) >= 11 is 0. The molecular weight excluding hydrogens is 209 g/mol. The van der Waals surface area contributed by atoms with E-state index >= 15 is 0 Å². The molecule has 1 heterocycles. The number of rotatable bonds is 1. The van der Waals surface area contributed by atoms with Crippen molar-refractivity contribution in [3.05, 3.63) is 34.6 Å². The first kappa shape index (κ1) is 10.8. The van der Waals surface area contributed by atoms with Gasteiger partial charge in [0.05, 0.1) is 11.1 Å². The van der Waals surface area contributed by atoms with E-state index in [0.717, 1.165) is 11.0 Å². The highest BCUT2D eigenvalue weighted by Crippen LogP contribution is 2.26. The molecule has 16 heavy (non-hydrogen) atoms. The number of carbonyl (C=O) groups excluding carboxylic acids is 2. The molecule has 0 bridgehead atoms. The fourth-order valence-electron chi connectivity index (χ4n) is 1.86. The van der Waals surface area contributed by atoms with Crippen LogP contribution in [0.3, 0.4) is 0 Å². The summed E-state index contributed by atoms with van der Waals surface area (Å²) in [6.45, 7) is 5.08. The van der Waals surface area contributed by atoms with Gasteiger partial charge in [-0.1, -0.05) is 0 Å². The second-order valence-corrected chi connectivity index (χ2v) is 4.22. The quantitative estimate of drug-likeness (QED) is 0.681. The van der Waals surface area contributed by atoms with Crippen LogP contribution in [0.25, 0.3) is 0 Å². The van der Waals surface area contributed by atoms with Crippen LogP contribution in [0.5, 0.6) is 0 Å². The number of hydrogen-bond donors (Lipinski definition) is 0. The van der Waals surface area contributed by atoms with Crippen molar-refractivity contribution >= 4 is 11.8 Å². The zero-order valence-electron chi connectivity index (χ0n) is 9.37. The lowest BCUT2D eigenvalue weighted by Crippen LogP contribution is -2.35. The lowest BCUT2D eigenvalue weighted by molar-refractivity contribution is 0.0609. The molecule has 0 aromatic heterocycles. The Hall–Kier alpha value is -1.71. The lowest BCUT2D eigenvalue weighted by Gasteiger charge is -2.17. The third-order valence-corrected chi connectivity index (χ3v) is 2.71. The second-order valence-electron chi connectivity index (χ2n) is 4.22. The van der Waals surface area contributed by atoms with Crippen LogP contribution in [0.1, 0.15) is 40.1 Å². The number of halogens is 1. The van der Waals surface area contributed by atoms with Gasteiger partial charge in [0.2, 0.25) is 0 Å². The van der Waals surface area contributed by atoms with E-state index in [0.29, 0.717) is 11.1 Å². The van der Waals surface area contributed by atoms with Crippen molar-refractivity contribution in [1.29, 1.82) is 0 Å². The van der Waals surface area contributed by atoms with Gasteiger partial charge in [-0.15, -0.1) is 0 Å². The Morgan fingerprint density at radius 3 is 2.12 bits per heavy atom. The Morgan fingerprint density at radius 2 is 1.62 bits per heavy atom. The summed E-state index contributed by atoms with van der Waals surface area (Å²) in [5.74, 6) is -1.20. The number of hydrogen-bond acceptors (Lipinski definition) is 2. The van der Waals surface area contributed by atoms with E-state index in [1.54, 1.807) is 20.8 Å². The molecule has 0 spiro atoms. The van der Waals surface area contributed by atoms with Crippen molar-refractivity contribution in [3.8, 4) is 0 Å². The second kappa shape index (κ2) is 3.40. The highest BCUT2D eigenvalue weighted by molar-refractivity contribution is 6.21. The van der Waals surface area contributed by atoms with Gasteiger partial charge in [0.25, 0.3) is 11.8 Å². The molecule has 0 atom stereocenters. The lowest BCUT2D eigenvalue weighted by atomic mass is 10.1.